The molecule has 0 spiro atoms. The minimum absolute atomic E-state index is 0.135. The molecule has 0 aliphatic rings. The first-order valence-corrected chi connectivity index (χ1v) is 4.39. The van der Waals surface area contributed by atoms with Crippen molar-refractivity contribution in [2.45, 2.75) is 33.1 Å². The highest BCUT2D eigenvalue weighted by molar-refractivity contribution is 5.66. The summed E-state index contributed by atoms with van der Waals surface area (Å²) >= 11 is 0. The molecule has 4 nitrogen and oxygen atoms in total. The van der Waals surface area contributed by atoms with Gasteiger partial charge < -0.3 is 10.1 Å². The fourth-order valence-corrected chi connectivity index (χ4v) is 1.25. The number of nitrogens with zero attached hydrogens (tertiary/aromatic N) is 1. The molecule has 0 saturated heterocycles. The number of aromatic nitrogens is 2. The van der Waals surface area contributed by atoms with E-state index in [0.29, 0.717) is 6.42 Å². The summed E-state index contributed by atoms with van der Waals surface area (Å²) in [5.41, 5.74) is 2.07. The molecule has 0 radical (unpaired) electrons. The molecule has 0 aliphatic carbocycles. The van der Waals surface area contributed by atoms with E-state index in [1.54, 1.807) is 0 Å². The highest BCUT2D eigenvalue weighted by Gasteiger charge is 2.05. The summed E-state index contributed by atoms with van der Waals surface area (Å²) < 4.78 is 0. The molecule has 0 saturated carbocycles. The molecule has 0 amide bonds. The molecule has 1 aromatic heterocycles. The van der Waals surface area contributed by atoms with Crippen LogP contribution < -0.4 is 0 Å². The van der Waals surface area contributed by atoms with Crippen LogP contribution in [0.3, 0.4) is 0 Å². The first-order chi connectivity index (χ1) is 6.13. The quantitative estimate of drug-likeness (QED) is 0.737. The summed E-state index contributed by atoms with van der Waals surface area (Å²) in [5, 5.41) is 8.47. The van der Waals surface area contributed by atoms with Crippen LogP contribution in [0.5, 0.6) is 0 Å². The van der Waals surface area contributed by atoms with Crippen LogP contribution in [0.15, 0.2) is 0 Å². The summed E-state index contributed by atoms with van der Waals surface area (Å²) in [7, 11) is 0. The largest absolute Gasteiger partial charge is 0.481 e. The average Bonchev–Trinajstić information content (AvgIpc) is 2.43. The Bertz CT molecular complexity index is 305. The Morgan fingerprint density at radius 1 is 1.62 bits per heavy atom. The number of aromatic amines is 1. The predicted molar refractivity (Wildman–Crippen MR) is 48.7 cm³/mol. The van der Waals surface area contributed by atoms with E-state index < -0.39 is 5.97 Å². The predicted octanol–water partition coefficient (Wildman–Crippen LogP) is 1.30. The molecule has 4 heteroatoms. The van der Waals surface area contributed by atoms with Gasteiger partial charge in [0.25, 0.3) is 0 Å². The molecule has 0 bridgehead atoms. The van der Waals surface area contributed by atoms with Crippen LogP contribution in [0.1, 0.15) is 30.6 Å². The number of carboxylic acid groups (broad SMARTS) is 1. The van der Waals surface area contributed by atoms with Gasteiger partial charge in [0.2, 0.25) is 0 Å². The molecule has 1 heterocycles. The van der Waals surface area contributed by atoms with Crippen molar-refractivity contribution in [2.75, 3.05) is 0 Å². The number of nitrogens with one attached hydrogen (secondary N) is 1. The lowest BCUT2D eigenvalue weighted by atomic mass is 10.3. The van der Waals surface area contributed by atoms with E-state index >= 15 is 0 Å². The van der Waals surface area contributed by atoms with E-state index in [9.17, 15) is 4.79 Å². The maximum Gasteiger partial charge on any atom is 0.303 e. The van der Waals surface area contributed by atoms with Gasteiger partial charge in [-0.25, -0.2) is 4.98 Å². The van der Waals surface area contributed by atoms with Crippen molar-refractivity contribution in [2.24, 2.45) is 0 Å². The Kier molecular flexibility index (Phi) is 3.06. The van der Waals surface area contributed by atoms with Crippen LogP contribution in [-0.2, 0) is 17.6 Å². The Morgan fingerprint density at radius 3 is 2.77 bits per heavy atom. The van der Waals surface area contributed by atoms with Gasteiger partial charge in [0.05, 0.1) is 12.1 Å². The molecule has 13 heavy (non-hydrogen) atoms. The third-order valence-electron chi connectivity index (χ3n) is 1.95. The molecule has 0 fully saturated rings. The Morgan fingerprint density at radius 2 is 2.31 bits per heavy atom. The van der Waals surface area contributed by atoms with Crippen molar-refractivity contribution in [3.8, 4) is 0 Å². The molecule has 2 N–H and O–H groups in total. The van der Waals surface area contributed by atoms with E-state index in [2.05, 4.69) is 9.97 Å². The number of rotatable bonds is 4. The van der Waals surface area contributed by atoms with Crippen LogP contribution in [-0.4, -0.2) is 21.0 Å². The second-order valence-corrected chi connectivity index (χ2v) is 3.00. The average molecular weight is 182 g/mol. The number of imidazole rings is 1. The summed E-state index contributed by atoms with van der Waals surface area (Å²) in [5.74, 6) is -0.0103. The van der Waals surface area contributed by atoms with Crippen LogP contribution >= 0.6 is 0 Å². The lowest BCUT2D eigenvalue weighted by molar-refractivity contribution is -0.137. The fraction of sp³-hybridized carbons (Fsp3) is 0.556. The fourth-order valence-electron chi connectivity index (χ4n) is 1.25. The number of aryl methyl sites for hydroxylation is 3. The molecule has 1 rings (SSSR count). The van der Waals surface area contributed by atoms with Gasteiger partial charge in [-0.2, -0.15) is 0 Å². The van der Waals surface area contributed by atoms with E-state index in [-0.39, 0.29) is 6.42 Å². The Balaban J connectivity index is 2.62. The molecule has 0 atom stereocenters. The second kappa shape index (κ2) is 4.07. The highest BCUT2D eigenvalue weighted by atomic mass is 16.4. The summed E-state index contributed by atoms with van der Waals surface area (Å²) in [6.07, 6.45) is 1.50. The Hall–Kier alpha value is -1.32. The zero-order valence-electron chi connectivity index (χ0n) is 7.92. The molecule has 0 aliphatic heterocycles. The molecule has 0 aromatic carbocycles. The minimum atomic E-state index is -0.785. The first kappa shape index (κ1) is 9.77. The van der Waals surface area contributed by atoms with Crippen molar-refractivity contribution in [3.63, 3.8) is 0 Å². The number of hydrogen-bond acceptors (Lipinski definition) is 2. The zero-order chi connectivity index (χ0) is 9.84. The van der Waals surface area contributed by atoms with Crippen LogP contribution in [0.4, 0.5) is 0 Å². The SMILES string of the molecule is CCc1nc(CCC(=O)O)[nH]c1C. The third kappa shape index (κ3) is 2.57. The van der Waals surface area contributed by atoms with Crippen molar-refractivity contribution < 1.29 is 9.90 Å². The summed E-state index contributed by atoms with van der Waals surface area (Å²) in [6.45, 7) is 3.99. The zero-order valence-corrected chi connectivity index (χ0v) is 7.92. The lowest BCUT2D eigenvalue weighted by Gasteiger charge is -1.90. The van der Waals surface area contributed by atoms with Crippen molar-refractivity contribution >= 4 is 5.97 Å². The van der Waals surface area contributed by atoms with Gasteiger partial charge in [0.15, 0.2) is 0 Å². The van der Waals surface area contributed by atoms with Crippen LogP contribution in [0.25, 0.3) is 0 Å². The van der Waals surface area contributed by atoms with Gasteiger partial charge in [-0.05, 0) is 13.3 Å². The number of carbonyl (C=O) groups is 1. The monoisotopic (exact) mass is 182 g/mol. The molecule has 1 aromatic rings. The first-order valence-electron chi connectivity index (χ1n) is 4.39. The number of H-pyrrole nitrogens is 1. The smallest absolute Gasteiger partial charge is 0.303 e. The van der Waals surface area contributed by atoms with Gasteiger partial charge in [-0.1, -0.05) is 6.92 Å². The number of hydrogen-bond donors (Lipinski definition) is 2. The molecular formula is C9H14N2O2. The van der Waals surface area contributed by atoms with Gasteiger partial charge in [-0.3, -0.25) is 4.79 Å². The Labute approximate surface area is 77.0 Å². The second-order valence-electron chi connectivity index (χ2n) is 3.00. The van der Waals surface area contributed by atoms with Crippen LogP contribution in [0.2, 0.25) is 0 Å². The van der Waals surface area contributed by atoms with Crippen molar-refractivity contribution in [1.82, 2.24) is 9.97 Å². The molecule has 0 unspecified atom stereocenters. The third-order valence-corrected chi connectivity index (χ3v) is 1.95. The molecule has 72 valence electrons. The number of aliphatic carboxylic acids is 1. The minimum Gasteiger partial charge on any atom is -0.481 e. The van der Waals surface area contributed by atoms with Gasteiger partial charge in [0.1, 0.15) is 5.82 Å². The van der Waals surface area contributed by atoms with E-state index in [1.165, 1.54) is 0 Å². The number of carboxylic acids is 1. The summed E-state index contributed by atoms with van der Waals surface area (Å²) in [4.78, 5) is 17.7. The van der Waals surface area contributed by atoms with Gasteiger partial charge in [-0.15, -0.1) is 0 Å². The molecular weight excluding hydrogens is 168 g/mol. The van der Waals surface area contributed by atoms with E-state index in [1.807, 2.05) is 13.8 Å². The maximum absolute atomic E-state index is 10.3. The van der Waals surface area contributed by atoms with Crippen LogP contribution in [0, 0.1) is 6.92 Å². The standard InChI is InChI=1S/C9H14N2O2/c1-3-7-6(2)10-8(11-7)4-5-9(12)13/h3-5H2,1-2H3,(H,10,11)(H,12,13). The van der Waals surface area contributed by atoms with E-state index in [4.69, 9.17) is 5.11 Å². The van der Waals surface area contributed by atoms with Crippen molar-refractivity contribution in [3.05, 3.63) is 17.2 Å². The maximum atomic E-state index is 10.3. The van der Waals surface area contributed by atoms with Crippen molar-refractivity contribution in [1.29, 1.82) is 0 Å². The van der Waals surface area contributed by atoms with Gasteiger partial charge >= 0.3 is 5.97 Å². The van der Waals surface area contributed by atoms with E-state index in [0.717, 1.165) is 23.6 Å². The normalized spacial score (nSPS) is 10.3. The van der Waals surface area contributed by atoms with Gasteiger partial charge in [0, 0.05) is 12.1 Å². The topological polar surface area (TPSA) is 66.0 Å². The highest BCUT2D eigenvalue weighted by Crippen LogP contribution is 2.06. The summed E-state index contributed by atoms with van der Waals surface area (Å²) in [6, 6.07) is 0. The lowest BCUT2D eigenvalue weighted by Crippen LogP contribution is -1.98.